The van der Waals surface area contributed by atoms with Crippen LogP contribution in [0.5, 0.6) is 0 Å². The summed E-state index contributed by atoms with van der Waals surface area (Å²) in [4.78, 5) is 31.9. The number of anilines is 5. The zero-order chi connectivity index (χ0) is 21.8. The highest BCUT2D eigenvalue weighted by molar-refractivity contribution is 6.33. The lowest BCUT2D eigenvalue weighted by Gasteiger charge is -2.15. The monoisotopic (exact) mass is 423 g/mol. The van der Waals surface area contributed by atoms with Crippen molar-refractivity contribution in [3.05, 3.63) is 64.3 Å². The van der Waals surface area contributed by atoms with E-state index in [0.29, 0.717) is 33.7 Å². The first-order chi connectivity index (χ1) is 14.2. The van der Waals surface area contributed by atoms with E-state index in [0.717, 1.165) is 16.8 Å². The summed E-state index contributed by atoms with van der Waals surface area (Å²) in [6, 6.07) is 11.0. The fourth-order valence-electron chi connectivity index (χ4n) is 2.80. The Hall–Kier alpha value is -3.45. The summed E-state index contributed by atoms with van der Waals surface area (Å²) >= 11 is 6.29. The van der Waals surface area contributed by atoms with Gasteiger partial charge in [-0.15, -0.1) is 0 Å². The fourth-order valence-corrected chi connectivity index (χ4v) is 2.94. The van der Waals surface area contributed by atoms with E-state index in [2.05, 4.69) is 25.9 Å². The molecule has 3 rings (SSSR count). The van der Waals surface area contributed by atoms with E-state index >= 15 is 0 Å². The van der Waals surface area contributed by atoms with E-state index in [-0.39, 0.29) is 11.7 Å². The molecule has 1 aromatic heterocycles. The number of amides is 1. The Kier molecular flexibility index (Phi) is 6.32. The number of nitrogens with zero attached hydrogens (tertiary/aromatic N) is 2. The number of hydrogen-bond donors (Lipinski definition) is 3. The van der Waals surface area contributed by atoms with Crippen LogP contribution in [0.4, 0.5) is 28.8 Å². The summed E-state index contributed by atoms with van der Waals surface area (Å²) in [5.74, 6) is 0.492. The molecule has 7 nitrogen and oxygen atoms in total. The molecule has 8 heteroatoms. The van der Waals surface area contributed by atoms with Crippen LogP contribution in [0.2, 0.25) is 5.02 Å². The van der Waals surface area contributed by atoms with E-state index in [1.807, 2.05) is 38.1 Å². The van der Waals surface area contributed by atoms with E-state index in [1.54, 1.807) is 12.1 Å². The number of halogens is 1. The molecule has 0 atom stereocenters. The molecular weight excluding hydrogens is 402 g/mol. The number of benzene rings is 2. The molecule has 0 bridgehead atoms. The molecular formula is C22H22ClN5O2. The minimum absolute atomic E-state index is 0.0256. The Balaban J connectivity index is 1.91. The topological polar surface area (TPSA) is 96.0 Å². The summed E-state index contributed by atoms with van der Waals surface area (Å²) < 4.78 is 0. The van der Waals surface area contributed by atoms with Crippen LogP contribution in [0, 0.1) is 13.8 Å². The van der Waals surface area contributed by atoms with Crippen molar-refractivity contribution in [1.82, 2.24) is 9.97 Å². The first kappa shape index (κ1) is 21.3. The number of aryl methyl sites for hydroxylation is 2. The minimum Gasteiger partial charge on any atom is -0.337 e. The highest BCUT2D eigenvalue weighted by Crippen LogP contribution is 2.30. The third kappa shape index (κ3) is 5.12. The molecule has 0 unspecified atom stereocenters. The number of carbonyl (C=O) groups excluding carboxylic acids is 2. The largest absolute Gasteiger partial charge is 0.337 e. The second-order valence-electron chi connectivity index (χ2n) is 6.96. The number of nitrogens with one attached hydrogen (secondary N) is 3. The third-order valence-electron chi connectivity index (χ3n) is 4.37. The van der Waals surface area contributed by atoms with Gasteiger partial charge in [0.15, 0.2) is 11.6 Å². The minimum atomic E-state index is -0.180. The number of aromatic nitrogens is 2. The lowest BCUT2D eigenvalue weighted by molar-refractivity contribution is -0.114. The van der Waals surface area contributed by atoms with Crippen LogP contribution < -0.4 is 16.0 Å². The number of carbonyl (C=O) groups is 2. The van der Waals surface area contributed by atoms with Crippen molar-refractivity contribution < 1.29 is 9.59 Å². The quantitative estimate of drug-likeness (QED) is 0.459. The van der Waals surface area contributed by atoms with Crippen LogP contribution in [-0.4, -0.2) is 21.7 Å². The lowest BCUT2D eigenvalue weighted by Crippen LogP contribution is -2.09. The van der Waals surface area contributed by atoms with Crippen molar-refractivity contribution in [3.63, 3.8) is 0 Å². The van der Waals surface area contributed by atoms with Crippen molar-refractivity contribution >= 4 is 52.1 Å². The maximum Gasteiger partial charge on any atom is 0.229 e. The summed E-state index contributed by atoms with van der Waals surface area (Å²) in [5, 5.41) is 9.41. The molecule has 3 aromatic rings. The first-order valence-electron chi connectivity index (χ1n) is 9.29. The standard InChI is InChI=1S/C22H22ClN5O2/c1-12-5-8-18(20(9-12)25-15(4)30)26-21-17(23)11-24-22(28-21)27-19-10-16(14(3)29)7-6-13(19)2/h5-11H,1-4H3,(H,25,30)(H2,24,26,27,28). The lowest BCUT2D eigenvalue weighted by atomic mass is 10.1. The molecule has 0 radical (unpaired) electrons. The van der Waals surface area contributed by atoms with Gasteiger partial charge in [0.05, 0.1) is 17.6 Å². The summed E-state index contributed by atoms with van der Waals surface area (Å²) in [6.45, 7) is 6.83. The Bertz CT molecular complexity index is 1130. The van der Waals surface area contributed by atoms with Gasteiger partial charge in [-0.05, 0) is 50.1 Å². The number of rotatable bonds is 6. The average Bonchev–Trinajstić information content (AvgIpc) is 2.67. The summed E-state index contributed by atoms with van der Waals surface area (Å²) in [5.41, 5.74) is 4.54. The molecule has 1 amide bonds. The van der Waals surface area contributed by atoms with Crippen molar-refractivity contribution in [1.29, 1.82) is 0 Å². The molecule has 30 heavy (non-hydrogen) atoms. The SMILES string of the molecule is CC(=O)Nc1cc(C)ccc1Nc1nc(Nc2cc(C(C)=O)ccc2C)ncc1Cl. The Morgan fingerprint density at radius 1 is 0.933 bits per heavy atom. The van der Waals surface area contributed by atoms with Crippen LogP contribution >= 0.6 is 11.6 Å². The van der Waals surface area contributed by atoms with Gasteiger partial charge in [-0.25, -0.2) is 4.98 Å². The molecule has 1 heterocycles. The maximum absolute atomic E-state index is 11.7. The molecule has 3 N–H and O–H groups in total. The van der Waals surface area contributed by atoms with Crippen LogP contribution in [0.3, 0.4) is 0 Å². The van der Waals surface area contributed by atoms with Gasteiger partial charge in [0, 0.05) is 18.2 Å². The summed E-state index contributed by atoms with van der Waals surface area (Å²) in [7, 11) is 0. The smallest absolute Gasteiger partial charge is 0.229 e. The van der Waals surface area contributed by atoms with E-state index in [1.165, 1.54) is 20.0 Å². The molecule has 154 valence electrons. The van der Waals surface area contributed by atoms with Crippen molar-refractivity contribution in [3.8, 4) is 0 Å². The molecule has 2 aromatic carbocycles. The highest BCUT2D eigenvalue weighted by atomic mass is 35.5. The molecule has 0 aliphatic rings. The zero-order valence-corrected chi connectivity index (χ0v) is 17.9. The third-order valence-corrected chi connectivity index (χ3v) is 4.65. The van der Waals surface area contributed by atoms with Gasteiger partial charge in [0.25, 0.3) is 0 Å². The second kappa shape index (κ2) is 8.92. The van der Waals surface area contributed by atoms with Gasteiger partial charge in [-0.2, -0.15) is 4.98 Å². The van der Waals surface area contributed by atoms with Gasteiger partial charge in [0.1, 0.15) is 5.02 Å². The zero-order valence-electron chi connectivity index (χ0n) is 17.1. The van der Waals surface area contributed by atoms with Crippen molar-refractivity contribution in [2.45, 2.75) is 27.7 Å². The van der Waals surface area contributed by atoms with Crippen molar-refractivity contribution in [2.24, 2.45) is 0 Å². The van der Waals surface area contributed by atoms with Gasteiger partial charge in [0.2, 0.25) is 11.9 Å². The Labute approximate surface area is 179 Å². The predicted octanol–water partition coefficient (Wildman–Crippen LogP) is 5.40. The number of ketones is 1. The van der Waals surface area contributed by atoms with Crippen LogP contribution in [-0.2, 0) is 4.79 Å². The average molecular weight is 424 g/mol. The fraction of sp³-hybridized carbons (Fsp3) is 0.182. The molecule has 0 spiro atoms. The highest BCUT2D eigenvalue weighted by Gasteiger charge is 2.12. The number of hydrogen-bond acceptors (Lipinski definition) is 6. The summed E-state index contributed by atoms with van der Waals surface area (Å²) in [6.07, 6.45) is 1.48. The van der Waals surface area contributed by atoms with Gasteiger partial charge < -0.3 is 16.0 Å². The maximum atomic E-state index is 11.7. The normalized spacial score (nSPS) is 10.4. The molecule has 0 aliphatic heterocycles. The Morgan fingerprint density at radius 2 is 1.70 bits per heavy atom. The molecule has 0 saturated heterocycles. The number of Topliss-reactive ketones (excluding diaryl/α,β-unsaturated/α-hetero) is 1. The molecule has 0 aliphatic carbocycles. The first-order valence-corrected chi connectivity index (χ1v) is 9.67. The molecule has 0 fully saturated rings. The van der Waals surface area contributed by atoms with E-state index < -0.39 is 0 Å². The van der Waals surface area contributed by atoms with E-state index in [9.17, 15) is 9.59 Å². The van der Waals surface area contributed by atoms with Crippen molar-refractivity contribution in [2.75, 3.05) is 16.0 Å². The van der Waals surface area contributed by atoms with Crippen LogP contribution in [0.25, 0.3) is 0 Å². The molecule has 0 saturated carbocycles. The predicted molar refractivity (Wildman–Crippen MR) is 120 cm³/mol. The Morgan fingerprint density at radius 3 is 2.40 bits per heavy atom. The van der Waals surface area contributed by atoms with Gasteiger partial charge >= 0.3 is 0 Å². The van der Waals surface area contributed by atoms with Gasteiger partial charge in [-0.1, -0.05) is 29.8 Å². The second-order valence-corrected chi connectivity index (χ2v) is 7.36. The van der Waals surface area contributed by atoms with Gasteiger partial charge in [-0.3, -0.25) is 9.59 Å². The van der Waals surface area contributed by atoms with Crippen LogP contribution in [0.15, 0.2) is 42.6 Å². The van der Waals surface area contributed by atoms with Crippen LogP contribution in [0.1, 0.15) is 35.3 Å². The van der Waals surface area contributed by atoms with E-state index in [4.69, 9.17) is 11.6 Å².